The number of likely N-dealkylation sites (tertiary alicyclic amines) is 1. The van der Waals surface area contributed by atoms with E-state index in [9.17, 15) is 14.4 Å². The Kier molecular flexibility index (Phi) is 9.88. The Bertz CT molecular complexity index is 2180. The highest BCUT2D eigenvalue weighted by atomic mass is 35.5. The van der Waals surface area contributed by atoms with Crippen molar-refractivity contribution in [3.05, 3.63) is 101 Å². The molecule has 274 valence electrons. The van der Waals surface area contributed by atoms with E-state index in [1.54, 1.807) is 17.0 Å². The third-order valence-corrected chi connectivity index (χ3v) is 10.7. The van der Waals surface area contributed by atoms with Crippen molar-refractivity contribution in [2.45, 2.75) is 12.8 Å². The van der Waals surface area contributed by atoms with Crippen LogP contribution >= 0.6 is 11.6 Å². The molecule has 2 N–H and O–H groups in total. The fraction of sp³-hybridized carbons (Fsp3) is 0.308. The van der Waals surface area contributed by atoms with Gasteiger partial charge in [0, 0.05) is 79.9 Å². The van der Waals surface area contributed by atoms with Crippen LogP contribution in [0.5, 0.6) is 0 Å². The van der Waals surface area contributed by atoms with Gasteiger partial charge in [-0.2, -0.15) is 5.10 Å². The Labute approximate surface area is 310 Å². The predicted molar refractivity (Wildman–Crippen MR) is 198 cm³/mol. The number of piperidine rings is 1. The lowest BCUT2D eigenvalue weighted by Crippen LogP contribution is -2.54. The van der Waals surface area contributed by atoms with Crippen LogP contribution in [-0.2, 0) is 11.8 Å². The van der Waals surface area contributed by atoms with E-state index < -0.39 is 17.5 Å². The molecule has 0 bridgehead atoms. The van der Waals surface area contributed by atoms with Crippen molar-refractivity contribution >= 4 is 35.0 Å². The highest BCUT2D eigenvalue weighted by Crippen LogP contribution is 2.36. The molecular formula is C39H40ClF2N8O3+. The minimum atomic E-state index is -1.09. The molecule has 2 aromatic heterocycles. The molecule has 53 heavy (non-hydrogen) atoms. The number of piperazine rings is 1. The number of benzene rings is 3. The van der Waals surface area contributed by atoms with E-state index in [4.69, 9.17) is 11.6 Å². The first-order chi connectivity index (χ1) is 25.4. The molecule has 0 aliphatic carbocycles. The van der Waals surface area contributed by atoms with Gasteiger partial charge in [-0.1, -0.05) is 48.0 Å². The van der Waals surface area contributed by atoms with Gasteiger partial charge in [0.05, 0.1) is 61.6 Å². The number of amides is 3. The Balaban J connectivity index is 0.997. The summed E-state index contributed by atoms with van der Waals surface area (Å²) in [6, 6.07) is 16.7. The molecule has 3 amide bonds. The molecule has 14 heteroatoms. The summed E-state index contributed by atoms with van der Waals surface area (Å²) in [6.45, 7) is 3.70. The highest BCUT2D eigenvalue weighted by Gasteiger charge is 2.35. The number of hydrogen-bond acceptors (Lipinski definition) is 5. The van der Waals surface area contributed by atoms with Crippen molar-refractivity contribution in [3.63, 3.8) is 0 Å². The van der Waals surface area contributed by atoms with Gasteiger partial charge in [-0.25, -0.2) is 13.8 Å². The molecule has 0 radical (unpaired) electrons. The second kappa shape index (κ2) is 14.6. The van der Waals surface area contributed by atoms with Gasteiger partial charge < -0.3 is 24.2 Å². The average molecular weight is 742 g/mol. The van der Waals surface area contributed by atoms with Crippen molar-refractivity contribution in [2.24, 2.45) is 13.0 Å². The monoisotopic (exact) mass is 741 g/mol. The van der Waals surface area contributed by atoms with Gasteiger partial charge in [0.2, 0.25) is 5.91 Å². The van der Waals surface area contributed by atoms with Gasteiger partial charge in [0.15, 0.2) is 17.5 Å². The van der Waals surface area contributed by atoms with Crippen LogP contribution < -0.4 is 5.32 Å². The number of imidazole rings is 1. The molecule has 0 atom stereocenters. The van der Waals surface area contributed by atoms with Crippen molar-refractivity contribution in [1.29, 1.82) is 0 Å². The topological polar surface area (TPSA) is 116 Å². The Morgan fingerprint density at radius 3 is 2.23 bits per heavy atom. The van der Waals surface area contributed by atoms with Crippen molar-refractivity contribution in [1.82, 2.24) is 29.5 Å². The van der Waals surface area contributed by atoms with Crippen LogP contribution in [-0.4, -0.2) is 105 Å². The number of carbonyl (C=O) groups is 3. The molecule has 3 aromatic carbocycles. The molecule has 2 saturated heterocycles. The molecule has 0 saturated carbocycles. The second-order valence-corrected chi connectivity index (χ2v) is 14.7. The fourth-order valence-electron chi connectivity index (χ4n) is 7.17. The van der Waals surface area contributed by atoms with Crippen LogP contribution in [0.1, 0.15) is 33.8 Å². The standard InChI is InChI=1S/C39H39ClF2N8O3/c1-47-32(29-12-11-27(33(41)34(29)42)30-22-44-46-35(30)24-7-5-4-6-8-24)23-43-36(47)37(51)45-26-9-10-28(31(40)21-26)39(53)49-17-15-48(16-18-49)38(52)25-13-19-50(2,3)20-14-25/h4-12,21-23,25H,13-20H2,1-3H3,(H-,44,45,46,51,53)/p+1. The normalized spacial score (nSPS) is 16.1. The van der Waals surface area contributed by atoms with Crippen molar-refractivity contribution in [2.75, 3.05) is 58.7 Å². The molecule has 2 fully saturated rings. The first kappa shape index (κ1) is 36.0. The first-order valence-electron chi connectivity index (χ1n) is 17.5. The zero-order valence-electron chi connectivity index (χ0n) is 29.7. The van der Waals surface area contributed by atoms with Crippen LogP contribution in [0.25, 0.3) is 33.6 Å². The summed E-state index contributed by atoms with van der Waals surface area (Å²) in [4.78, 5) is 47.6. The molecule has 4 heterocycles. The zero-order valence-corrected chi connectivity index (χ0v) is 30.5. The maximum Gasteiger partial charge on any atom is 0.291 e. The van der Waals surface area contributed by atoms with Crippen molar-refractivity contribution < 1.29 is 27.6 Å². The lowest BCUT2D eigenvalue weighted by atomic mass is 9.94. The minimum Gasteiger partial charge on any atom is -0.339 e. The number of hydrogen-bond donors (Lipinski definition) is 2. The summed E-state index contributed by atoms with van der Waals surface area (Å²) in [6.07, 6.45) is 4.50. The van der Waals surface area contributed by atoms with Gasteiger partial charge >= 0.3 is 0 Å². The molecule has 2 aliphatic rings. The SMILES string of the molecule is Cn1c(-c2ccc(-c3cn[nH]c3-c3ccccc3)c(F)c2F)cnc1C(=O)Nc1ccc(C(=O)N2CCN(C(=O)C3CC[N+](C)(C)CC3)CC2)c(Cl)c1. The maximum atomic E-state index is 15.6. The van der Waals surface area contributed by atoms with E-state index in [0.29, 0.717) is 43.1 Å². The summed E-state index contributed by atoms with van der Waals surface area (Å²) in [5.74, 6) is -2.86. The number of quaternary nitrogens is 1. The number of carbonyl (C=O) groups excluding carboxylic acids is 3. The van der Waals surface area contributed by atoms with Gasteiger partial charge in [0.25, 0.3) is 11.8 Å². The number of aromatic nitrogens is 4. The third kappa shape index (κ3) is 7.18. The lowest BCUT2D eigenvalue weighted by Gasteiger charge is -2.40. The van der Waals surface area contributed by atoms with Gasteiger partial charge in [-0.3, -0.25) is 19.5 Å². The fourth-order valence-corrected chi connectivity index (χ4v) is 7.43. The minimum absolute atomic E-state index is 0.0357. The van der Waals surface area contributed by atoms with Crippen LogP contribution in [0, 0.1) is 17.6 Å². The van der Waals surface area contributed by atoms with Crippen LogP contribution in [0.15, 0.2) is 73.1 Å². The third-order valence-electron chi connectivity index (χ3n) is 10.4. The predicted octanol–water partition coefficient (Wildman–Crippen LogP) is 6.10. The van der Waals surface area contributed by atoms with Crippen LogP contribution in [0.4, 0.5) is 14.5 Å². The molecule has 2 aliphatic heterocycles. The van der Waals surface area contributed by atoms with Crippen LogP contribution in [0.3, 0.4) is 0 Å². The summed E-state index contributed by atoms with van der Waals surface area (Å²) in [7, 11) is 5.90. The molecule has 11 nitrogen and oxygen atoms in total. The van der Waals surface area contributed by atoms with E-state index >= 15 is 8.78 Å². The van der Waals surface area contributed by atoms with E-state index in [1.807, 2.05) is 35.2 Å². The Morgan fingerprint density at radius 1 is 0.868 bits per heavy atom. The summed E-state index contributed by atoms with van der Waals surface area (Å²) >= 11 is 6.55. The molecule has 0 unspecified atom stereocenters. The van der Waals surface area contributed by atoms with Gasteiger partial charge in [-0.05, 0) is 24.3 Å². The zero-order chi connectivity index (χ0) is 37.4. The number of halogens is 3. The lowest BCUT2D eigenvalue weighted by molar-refractivity contribution is -0.895. The number of rotatable bonds is 7. The summed E-state index contributed by atoms with van der Waals surface area (Å²) < 4.78 is 33.5. The van der Waals surface area contributed by atoms with E-state index in [1.165, 1.54) is 42.2 Å². The highest BCUT2D eigenvalue weighted by molar-refractivity contribution is 6.34. The van der Waals surface area contributed by atoms with Gasteiger partial charge in [-0.15, -0.1) is 0 Å². The Morgan fingerprint density at radius 2 is 1.53 bits per heavy atom. The Hall–Kier alpha value is -5.40. The largest absolute Gasteiger partial charge is 0.339 e. The molecular weight excluding hydrogens is 702 g/mol. The van der Waals surface area contributed by atoms with Gasteiger partial charge in [0.1, 0.15) is 0 Å². The second-order valence-electron chi connectivity index (χ2n) is 14.3. The van der Waals surface area contributed by atoms with E-state index in [2.05, 4.69) is 34.6 Å². The number of nitrogens with one attached hydrogen (secondary N) is 2. The smallest absolute Gasteiger partial charge is 0.291 e. The number of H-pyrrole nitrogens is 1. The quantitative estimate of drug-likeness (QED) is 0.196. The van der Waals surface area contributed by atoms with Crippen molar-refractivity contribution in [3.8, 4) is 33.6 Å². The summed E-state index contributed by atoms with van der Waals surface area (Å²) in [5.41, 5.74) is 2.49. The van der Waals surface area contributed by atoms with E-state index in [0.717, 1.165) is 36.0 Å². The number of anilines is 1. The number of nitrogens with zero attached hydrogens (tertiary/aromatic N) is 6. The molecule has 0 spiro atoms. The summed E-state index contributed by atoms with van der Waals surface area (Å²) in [5, 5.41) is 9.79. The maximum absolute atomic E-state index is 15.6. The molecule has 7 rings (SSSR count). The van der Waals surface area contributed by atoms with Crippen LogP contribution in [0.2, 0.25) is 5.02 Å². The average Bonchev–Trinajstić information content (AvgIpc) is 3.80. The number of aromatic amines is 1. The first-order valence-corrected chi connectivity index (χ1v) is 17.9. The molecule has 5 aromatic rings. The van der Waals surface area contributed by atoms with E-state index in [-0.39, 0.29) is 51.0 Å².